The van der Waals surface area contributed by atoms with Gasteiger partial charge >= 0.3 is 0 Å². The minimum atomic E-state index is -0.246. The standard InChI is InChI=1S/C20H21FN2O2/c21-17-9-6-16(7-10-17)12-18-13-19(25-23-18)14-22-20(24)11-8-15-4-2-1-3-5-15/h1-7,9-10,19H,8,11-14H2,(H,22,24). The number of nitrogens with one attached hydrogen (secondary N) is 1. The van der Waals surface area contributed by atoms with E-state index in [4.69, 9.17) is 4.84 Å². The lowest BCUT2D eigenvalue weighted by Gasteiger charge is -2.10. The largest absolute Gasteiger partial charge is 0.390 e. The number of hydrogen-bond acceptors (Lipinski definition) is 3. The first kappa shape index (κ1) is 17.1. The number of halogens is 1. The van der Waals surface area contributed by atoms with Gasteiger partial charge in [-0.15, -0.1) is 0 Å². The average Bonchev–Trinajstić information content (AvgIpc) is 3.08. The Bertz CT molecular complexity index is 729. The predicted molar refractivity (Wildman–Crippen MR) is 94.8 cm³/mol. The Balaban J connectivity index is 1.36. The molecule has 0 fully saturated rings. The van der Waals surface area contributed by atoms with Crippen LogP contribution in [0, 0.1) is 5.82 Å². The molecule has 1 aliphatic heterocycles. The molecule has 3 rings (SSSR count). The lowest BCUT2D eigenvalue weighted by Crippen LogP contribution is -2.32. The van der Waals surface area contributed by atoms with E-state index in [0.717, 1.165) is 23.3 Å². The lowest BCUT2D eigenvalue weighted by molar-refractivity contribution is -0.121. The molecular weight excluding hydrogens is 319 g/mol. The third-order valence-electron chi connectivity index (χ3n) is 4.13. The molecule has 0 spiro atoms. The van der Waals surface area contributed by atoms with Crippen molar-refractivity contribution >= 4 is 11.6 Å². The molecule has 130 valence electrons. The van der Waals surface area contributed by atoms with Crippen LogP contribution in [0.15, 0.2) is 59.8 Å². The van der Waals surface area contributed by atoms with Gasteiger partial charge < -0.3 is 10.2 Å². The molecule has 1 amide bonds. The Labute approximate surface area is 146 Å². The fourth-order valence-corrected chi connectivity index (χ4v) is 2.76. The van der Waals surface area contributed by atoms with Crippen LogP contribution in [-0.4, -0.2) is 24.3 Å². The van der Waals surface area contributed by atoms with E-state index in [9.17, 15) is 9.18 Å². The van der Waals surface area contributed by atoms with Gasteiger partial charge in [-0.3, -0.25) is 4.79 Å². The summed E-state index contributed by atoms with van der Waals surface area (Å²) in [4.78, 5) is 17.3. The van der Waals surface area contributed by atoms with E-state index in [1.807, 2.05) is 30.3 Å². The predicted octanol–water partition coefficient (Wildman–Crippen LogP) is 3.26. The third-order valence-corrected chi connectivity index (χ3v) is 4.13. The highest BCUT2D eigenvalue weighted by Crippen LogP contribution is 2.14. The summed E-state index contributed by atoms with van der Waals surface area (Å²) in [7, 11) is 0. The van der Waals surface area contributed by atoms with Crippen molar-refractivity contribution in [2.75, 3.05) is 6.54 Å². The maximum Gasteiger partial charge on any atom is 0.220 e. The maximum atomic E-state index is 12.9. The van der Waals surface area contributed by atoms with Crippen LogP contribution < -0.4 is 5.32 Å². The van der Waals surface area contributed by atoms with Gasteiger partial charge in [-0.1, -0.05) is 47.6 Å². The number of amides is 1. The summed E-state index contributed by atoms with van der Waals surface area (Å²) in [6.07, 6.45) is 2.37. The molecule has 0 bridgehead atoms. The van der Waals surface area contributed by atoms with Crippen LogP contribution >= 0.6 is 0 Å². The Morgan fingerprint density at radius 1 is 1.12 bits per heavy atom. The van der Waals surface area contributed by atoms with E-state index >= 15 is 0 Å². The van der Waals surface area contributed by atoms with Crippen molar-refractivity contribution in [1.29, 1.82) is 0 Å². The van der Waals surface area contributed by atoms with Gasteiger partial charge in [0.1, 0.15) is 11.9 Å². The maximum absolute atomic E-state index is 12.9. The zero-order valence-electron chi connectivity index (χ0n) is 14.0. The van der Waals surface area contributed by atoms with Crippen LogP contribution in [0.2, 0.25) is 0 Å². The van der Waals surface area contributed by atoms with Crippen LogP contribution in [0.4, 0.5) is 4.39 Å². The van der Waals surface area contributed by atoms with Crippen molar-refractivity contribution in [2.45, 2.75) is 31.8 Å². The number of benzene rings is 2. The van der Waals surface area contributed by atoms with Gasteiger partial charge in [-0.2, -0.15) is 0 Å². The number of rotatable bonds is 7. The molecule has 0 saturated heterocycles. The SMILES string of the molecule is O=C(CCc1ccccc1)NCC1CC(Cc2ccc(F)cc2)=NO1. The van der Waals surface area contributed by atoms with Crippen molar-refractivity contribution < 1.29 is 14.0 Å². The summed E-state index contributed by atoms with van der Waals surface area (Å²) in [6.45, 7) is 0.448. The van der Waals surface area contributed by atoms with Crippen LogP contribution in [0.1, 0.15) is 24.0 Å². The van der Waals surface area contributed by atoms with Gasteiger partial charge in [0.2, 0.25) is 5.91 Å². The summed E-state index contributed by atoms with van der Waals surface area (Å²) in [6, 6.07) is 16.3. The molecule has 1 aliphatic rings. The average molecular weight is 340 g/mol. The quantitative estimate of drug-likeness (QED) is 0.841. The van der Waals surface area contributed by atoms with Crippen LogP contribution in [0.5, 0.6) is 0 Å². The first-order valence-corrected chi connectivity index (χ1v) is 8.45. The number of carbonyl (C=O) groups is 1. The molecule has 1 unspecified atom stereocenters. The summed E-state index contributed by atoms with van der Waals surface area (Å²) >= 11 is 0. The van der Waals surface area contributed by atoms with Crippen molar-refractivity contribution in [1.82, 2.24) is 5.32 Å². The number of carbonyl (C=O) groups excluding carboxylic acids is 1. The number of aryl methyl sites for hydroxylation is 1. The Hall–Kier alpha value is -2.69. The highest BCUT2D eigenvalue weighted by atomic mass is 19.1. The normalized spacial score (nSPS) is 16.2. The van der Waals surface area contributed by atoms with Crippen LogP contribution in [-0.2, 0) is 22.5 Å². The highest BCUT2D eigenvalue weighted by molar-refractivity contribution is 5.87. The Kier molecular flexibility index (Phi) is 5.77. The molecule has 2 aromatic carbocycles. The van der Waals surface area contributed by atoms with E-state index in [0.29, 0.717) is 25.8 Å². The van der Waals surface area contributed by atoms with E-state index in [2.05, 4.69) is 10.5 Å². The van der Waals surface area contributed by atoms with Gasteiger partial charge in [0.15, 0.2) is 0 Å². The lowest BCUT2D eigenvalue weighted by atomic mass is 10.0. The van der Waals surface area contributed by atoms with Gasteiger partial charge in [0.05, 0.1) is 12.3 Å². The minimum Gasteiger partial charge on any atom is -0.390 e. The second-order valence-corrected chi connectivity index (χ2v) is 6.18. The number of oxime groups is 1. The summed E-state index contributed by atoms with van der Waals surface area (Å²) in [5.74, 6) is -0.233. The fourth-order valence-electron chi connectivity index (χ4n) is 2.76. The topological polar surface area (TPSA) is 50.7 Å². The molecule has 2 aromatic rings. The van der Waals surface area contributed by atoms with E-state index in [1.54, 1.807) is 12.1 Å². The van der Waals surface area contributed by atoms with Crippen molar-refractivity contribution in [2.24, 2.45) is 5.16 Å². The molecule has 5 heteroatoms. The van der Waals surface area contributed by atoms with E-state index in [1.165, 1.54) is 12.1 Å². The van der Waals surface area contributed by atoms with Gasteiger partial charge in [0.25, 0.3) is 0 Å². The van der Waals surface area contributed by atoms with E-state index in [-0.39, 0.29) is 17.8 Å². The first-order chi connectivity index (χ1) is 12.2. The van der Waals surface area contributed by atoms with Gasteiger partial charge in [0, 0.05) is 19.3 Å². The third kappa shape index (κ3) is 5.41. The zero-order valence-corrected chi connectivity index (χ0v) is 14.0. The monoisotopic (exact) mass is 340 g/mol. The molecule has 1 heterocycles. The van der Waals surface area contributed by atoms with Gasteiger partial charge in [-0.25, -0.2) is 4.39 Å². The smallest absolute Gasteiger partial charge is 0.220 e. The van der Waals surface area contributed by atoms with Crippen LogP contribution in [0.3, 0.4) is 0 Å². The van der Waals surface area contributed by atoms with Crippen molar-refractivity contribution in [3.63, 3.8) is 0 Å². The Morgan fingerprint density at radius 3 is 2.64 bits per heavy atom. The van der Waals surface area contributed by atoms with Gasteiger partial charge in [-0.05, 0) is 29.7 Å². The minimum absolute atomic E-state index is 0.0134. The zero-order chi connectivity index (χ0) is 17.5. The molecule has 1 N–H and O–H groups in total. The molecule has 0 aromatic heterocycles. The van der Waals surface area contributed by atoms with Crippen LogP contribution in [0.25, 0.3) is 0 Å². The second-order valence-electron chi connectivity index (χ2n) is 6.18. The first-order valence-electron chi connectivity index (χ1n) is 8.45. The van der Waals surface area contributed by atoms with Crippen molar-refractivity contribution in [3.8, 4) is 0 Å². The fraction of sp³-hybridized carbons (Fsp3) is 0.300. The van der Waals surface area contributed by atoms with Crippen molar-refractivity contribution in [3.05, 3.63) is 71.5 Å². The summed E-state index contributed by atoms with van der Waals surface area (Å²) in [5.41, 5.74) is 3.06. The molecule has 25 heavy (non-hydrogen) atoms. The molecule has 0 aliphatic carbocycles. The molecule has 4 nitrogen and oxygen atoms in total. The second kappa shape index (κ2) is 8.42. The molecule has 1 atom stereocenters. The molecule has 0 saturated carbocycles. The number of hydrogen-bond donors (Lipinski definition) is 1. The highest BCUT2D eigenvalue weighted by Gasteiger charge is 2.21. The Morgan fingerprint density at radius 2 is 1.88 bits per heavy atom. The molecule has 0 radical (unpaired) electrons. The number of nitrogens with zero attached hydrogens (tertiary/aromatic N) is 1. The summed E-state index contributed by atoms with van der Waals surface area (Å²) < 4.78 is 12.9. The summed E-state index contributed by atoms with van der Waals surface area (Å²) in [5, 5.41) is 6.98. The molecular formula is C20H21FN2O2. The van der Waals surface area contributed by atoms with E-state index < -0.39 is 0 Å².